The molecule has 0 amide bonds. The second-order valence-corrected chi connectivity index (χ2v) is 7.54. The van der Waals surface area contributed by atoms with Crippen LogP contribution in [0.5, 0.6) is 0 Å². The largest absolute Gasteiger partial charge is 0.389 e. The summed E-state index contributed by atoms with van der Waals surface area (Å²) in [5.41, 5.74) is 1.67. The van der Waals surface area contributed by atoms with Crippen molar-refractivity contribution in [3.05, 3.63) is 35.5 Å². The van der Waals surface area contributed by atoms with Crippen LogP contribution in [0.15, 0.2) is 35.5 Å². The van der Waals surface area contributed by atoms with Crippen molar-refractivity contribution in [2.24, 2.45) is 11.8 Å². The molecule has 1 rings (SSSR count). The van der Waals surface area contributed by atoms with Crippen LogP contribution in [0.4, 0.5) is 0 Å². The van der Waals surface area contributed by atoms with Crippen LogP contribution in [0.3, 0.4) is 0 Å². The van der Waals surface area contributed by atoms with E-state index in [1.165, 1.54) is 11.1 Å². The van der Waals surface area contributed by atoms with Gasteiger partial charge in [0.2, 0.25) is 0 Å². The van der Waals surface area contributed by atoms with Gasteiger partial charge in [-0.25, -0.2) is 0 Å². The molecule has 2 heteroatoms. The zero-order chi connectivity index (χ0) is 16.8. The van der Waals surface area contributed by atoms with Crippen molar-refractivity contribution in [3.63, 3.8) is 0 Å². The molecule has 0 fully saturated rings. The molecule has 0 saturated heterocycles. The number of hydrogen-bond acceptors (Lipinski definition) is 2. The van der Waals surface area contributed by atoms with E-state index in [9.17, 15) is 10.2 Å². The molecule has 22 heavy (non-hydrogen) atoms. The van der Waals surface area contributed by atoms with Crippen molar-refractivity contribution < 1.29 is 10.2 Å². The Kier molecular flexibility index (Phi) is 7.58. The number of aliphatic hydroxyl groups excluding tert-OH is 1. The summed E-state index contributed by atoms with van der Waals surface area (Å²) in [5, 5.41) is 20.7. The van der Waals surface area contributed by atoms with Crippen LogP contribution >= 0.6 is 0 Å². The van der Waals surface area contributed by atoms with Gasteiger partial charge in [-0.15, -0.1) is 0 Å². The third kappa shape index (κ3) is 7.42. The van der Waals surface area contributed by atoms with Gasteiger partial charge in [0.25, 0.3) is 0 Å². The molecule has 0 aromatic carbocycles. The lowest BCUT2D eigenvalue weighted by atomic mass is 9.86. The first-order chi connectivity index (χ1) is 10.2. The van der Waals surface area contributed by atoms with Gasteiger partial charge >= 0.3 is 0 Å². The van der Waals surface area contributed by atoms with E-state index in [1.54, 1.807) is 6.92 Å². The molecule has 0 aromatic rings. The number of rotatable bonds is 1. The molecule has 1 aliphatic carbocycles. The van der Waals surface area contributed by atoms with E-state index in [2.05, 4.69) is 39.8 Å². The summed E-state index contributed by atoms with van der Waals surface area (Å²) < 4.78 is 0. The molecule has 1 aliphatic rings. The standard InChI is InChI=1S/C20H34O2/c1-15(2)18-10-9-16(3)7-6-8-17(4)13-19(21)14-20(5,22)12-11-18/h7,11-13,15,18-19,21-22H,6,8-10,14H2,1-5H3/b12-11+,16-7+,17-13+/t18?,19-,20+/m0/s1. The maximum Gasteiger partial charge on any atom is 0.0827 e. The number of allylic oxidation sites excluding steroid dienone is 4. The van der Waals surface area contributed by atoms with Gasteiger partial charge in [0, 0.05) is 6.42 Å². The molecule has 0 aromatic heterocycles. The third-order valence-electron chi connectivity index (χ3n) is 4.56. The number of aliphatic hydroxyl groups is 2. The fourth-order valence-electron chi connectivity index (χ4n) is 2.99. The van der Waals surface area contributed by atoms with E-state index < -0.39 is 11.7 Å². The van der Waals surface area contributed by atoms with Crippen molar-refractivity contribution in [1.29, 1.82) is 0 Å². The summed E-state index contributed by atoms with van der Waals surface area (Å²) in [6.07, 6.45) is 12.2. The van der Waals surface area contributed by atoms with Crippen molar-refractivity contribution in [3.8, 4) is 0 Å². The molecular formula is C20H34O2. The fraction of sp³-hybridized carbons (Fsp3) is 0.700. The first kappa shape index (κ1) is 19.2. The van der Waals surface area contributed by atoms with Crippen LogP contribution in [0, 0.1) is 11.8 Å². The van der Waals surface area contributed by atoms with Gasteiger partial charge in [-0.05, 0) is 58.3 Å². The minimum Gasteiger partial charge on any atom is -0.389 e. The molecule has 3 atom stereocenters. The minimum atomic E-state index is -0.960. The lowest BCUT2D eigenvalue weighted by Crippen LogP contribution is -2.27. The maximum absolute atomic E-state index is 10.5. The second kappa shape index (κ2) is 8.69. The molecule has 0 saturated carbocycles. The fourth-order valence-corrected chi connectivity index (χ4v) is 2.99. The lowest BCUT2D eigenvalue weighted by Gasteiger charge is -2.24. The van der Waals surface area contributed by atoms with E-state index in [-0.39, 0.29) is 0 Å². The van der Waals surface area contributed by atoms with Gasteiger partial charge in [-0.1, -0.05) is 49.3 Å². The topological polar surface area (TPSA) is 40.5 Å². The average Bonchev–Trinajstić information content (AvgIpc) is 2.36. The van der Waals surface area contributed by atoms with Crippen LogP contribution in [-0.2, 0) is 0 Å². The van der Waals surface area contributed by atoms with Crippen LogP contribution in [-0.4, -0.2) is 21.9 Å². The van der Waals surface area contributed by atoms with Crippen molar-refractivity contribution in [2.75, 3.05) is 0 Å². The molecule has 2 N–H and O–H groups in total. The molecule has 2 nitrogen and oxygen atoms in total. The molecule has 0 heterocycles. The highest BCUT2D eigenvalue weighted by molar-refractivity contribution is 5.10. The molecule has 1 unspecified atom stereocenters. The molecule has 0 bridgehead atoms. The summed E-state index contributed by atoms with van der Waals surface area (Å²) in [7, 11) is 0. The third-order valence-corrected chi connectivity index (χ3v) is 4.56. The zero-order valence-electron chi connectivity index (χ0n) is 15.0. The van der Waals surface area contributed by atoms with E-state index >= 15 is 0 Å². The zero-order valence-corrected chi connectivity index (χ0v) is 15.0. The quantitative estimate of drug-likeness (QED) is 0.684. The Bertz CT molecular complexity index is 427. The summed E-state index contributed by atoms with van der Waals surface area (Å²) in [5.74, 6) is 1.02. The Labute approximate surface area is 136 Å². The van der Waals surface area contributed by atoms with Gasteiger partial charge in [-0.2, -0.15) is 0 Å². The van der Waals surface area contributed by atoms with Gasteiger partial charge in [0.1, 0.15) is 0 Å². The predicted molar refractivity (Wildman–Crippen MR) is 94.7 cm³/mol. The van der Waals surface area contributed by atoms with Crippen LogP contribution < -0.4 is 0 Å². The second-order valence-electron chi connectivity index (χ2n) is 7.54. The summed E-state index contributed by atoms with van der Waals surface area (Å²) in [6.45, 7) is 10.5. The summed E-state index contributed by atoms with van der Waals surface area (Å²) in [6, 6.07) is 0. The van der Waals surface area contributed by atoms with Crippen LogP contribution in [0.25, 0.3) is 0 Å². The van der Waals surface area contributed by atoms with E-state index in [4.69, 9.17) is 0 Å². The smallest absolute Gasteiger partial charge is 0.0827 e. The Morgan fingerprint density at radius 1 is 1.18 bits per heavy atom. The first-order valence-electron chi connectivity index (χ1n) is 8.62. The Balaban J connectivity index is 2.97. The summed E-state index contributed by atoms with van der Waals surface area (Å²) in [4.78, 5) is 0. The van der Waals surface area contributed by atoms with Gasteiger partial charge < -0.3 is 10.2 Å². The highest BCUT2D eigenvalue weighted by Crippen LogP contribution is 2.25. The molecule has 126 valence electrons. The van der Waals surface area contributed by atoms with Crippen molar-refractivity contribution >= 4 is 0 Å². The predicted octanol–water partition coefficient (Wildman–Crippen LogP) is 4.78. The monoisotopic (exact) mass is 306 g/mol. The Morgan fingerprint density at radius 2 is 1.86 bits per heavy atom. The van der Waals surface area contributed by atoms with Crippen LogP contribution in [0.1, 0.15) is 66.7 Å². The summed E-state index contributed by atoms with van der Waals surface area (Å²) >= 11 is 0. The highest BCUT2D eigenvalue weighted by Gasteiger charge is 2.21. The Hall–Kier alpha value is -0.860. The van der Waals surface area contributed by atoms with Gasteiger partial charge in [0.15, 0.2) is 0 Å². The van der Waals surface area contributed by atoms with E-state index in [1.807, 2.05) is 12.2 Å². The molecular weight excluding hydrogens is 272 g/mol. The van der Waals surface area contributed by atoms with E-state index in [0.29, 0.717) is 18.3 Å². The maximum atomic E-state index is 10.5. The van der Waals surface area contributed by atoms with Crippen molar-refractivity contribution in [2.45, 2.75) is 78.4 Å². The first-order valence-corrected chi connectivity index (χ1v) is 8.62. The van der Waals surface area contributed by atoms with Gasteiger partial charge in [0.05, 0.1) is 11.7 Å². The van der Waals surface area contributed by atoms with Crippen LogP contribution in [0.2, 0.25) is 0 Å². The molecule has 0 radical (unpaired) electrons. The minimum absolute atomic E-state index is 0.348. The van der Waals surface area contributed by atoms with Gasteiger partial charge in [-0.3, -0.25) is 0 Å². The SMILES string of the molecule is C/C1=C\[C@H](O)C[C@](C)(O)/C=C/C(C(C)C)CC/C(C)=C/CC1. The lowest BCUT2D eigenvalue weighted by molar-refractivity contribution is 0.0565. The molecule has 0 aliphatic heterocycles. The average molecular weight is 306 g/mol. The highest BCUT2D eigenvalue weighted by atomic mass is 16.3. The normalized spacial score (nSPS) is 38.5. The van der Waals surface area contributed by atoms with E-state index in [0.717, 1.165) is 25.7 Å². The number of hydrogen-bond donors (Lipinski definition) is 2. The van der Waals surface area contributed by atoms with Crippen molar-refractivity contribution in [1.82, 2.24) is 0 Å². The Morgan fingerprint density at radius 3 is 2.50 bits per heavy atom. The molecule has 0 spiro atoms.